The molecule has 0 saturated heterocycles. The molecule has 1 N–H and O–H groups in total. The van der Waals surface area contributed by atoms with Crippen molar-refractivity contribution < 1.29 is 14.1 Å². The van der Waals surface area contributed by atoms with Crippen molar-refractivity contribution in [3.05, 3.63) is 73.8 Å². The normalized spacial score (nSPS) is 11.0. The molecule has 0 atom stereocenters. The first-order chi connectivity index (χ1) is 14.3. The van der Waals surface area contributed by atoms with E-state index in [4.69, 9.17) is 4.42 Å². The summed E-state index contributed by atoms with van der Waals surface area (Å²) in [5.74, 6) is -0.647. The summed E-state index contributed by atoms with van der Waals surface area (Å²) in [6.45, 7) is 5.08. The number of aryl methyl sites for hydroxylation is 4. The SMILES string of the molecule is Cc1ccc(CCCNC(=O)CCCn2c(=O)oc3cc([N+](=O)[O-])ccc32)c(C)c1. The van der Waals surface area contributed by atoms with E-state index in [-0.39, 0.29) is 23.6 Å². The fourth-order valence-corrected chi connectivity index (χ4v) is 3.50. The van der Waals surface area contributed by atoms with E-state index in [1.54, 1.807) is 0 Å². The Kier molecular flexibility index (Phi) is 6.66. The van der Waals surface area contributed by atoms with Gasteiger partial charge in [-0.05, 0) is 50.3 Å². The van der Waals surface area contributed by atoms with Gasteiger partial charge in [0.15, 0.2) is 5.58 Å². The van der Waals surface area contributed by atoms with E-state index in [0.29, 0.717) is 25.0 Å². The smallest absolute Gasteiger partial charge is 0.407 e. The number of aromatic nitrogens is 1. The molecule has 1 aromatic heterocycles. The largest absolute Gasteiger partial charge is 0.419 e. The summed E-state index contributed by atoms with van der Waals surface area (Å²) in [4.78, 5) is 34.4. The van der Waals surface area contributed by atoms with Crippen molar-refractivity contribution in [1.29, 1.82) is 0 Å². The zero-order valence-corrected chi connectivity index (χ0v) is 17.1. The molecule has 0 radical (unpaired) electrons. The summed E-state index contributed by atoms with van der Waals surface area (Å²) in [5.41, 5.74) is 4.33. The second-order valence-electron chi connectivity index (χ2n) is 7.42. The van der Waals surface area contributed by atoms with Crippen LogP contribution < -0.4 is 11.1 Å². The summed E-state index contributed by atoms with van der Waals surface area (Å²) in [6, 6.07) is 10.4. The molecule has 1 heterocycles. The highest BCUT2D eigenvalue weighted by atomic mass is 16.6. The minimum atomic E-state index is -0.584. The number of nitro groups is 1. The van der Waals surface area contributed by atoms with Crippen LogP contribution in [0.25, 0.3) is 11.1 Å². The molecule has 30 heavy (non-hydrogen) atoms. The molecule has 158 valence electrons. The Labute approximate surface area is 173 Å². The quantitative estimate of drug-likeness (QED) is 0.328. The van der Waals surface area contributed by atoms with Gasteiger partial charge in [0.05, 0.1) is 16.5 Å². The van der Waals surface area contributed by atoms with Crippen molar-refractivity contribution >= 4 is 22.7 Å². The van der Waals surface area contributed by atoms with Crippen LogP contribution in [0.1, 0.15) is 36.0 Å². The third-order valence-corrected chi connectivity index (χ3v) is 5.09. The standard InChI is InChI=1S/C22H25N3O5/c1-15-7-8-17(16(2)13-15)5-3-11-23-21(26)6-4-12-24-19-10-9-18(25(28)29)14-20(19)30-22(24)27/h7-10,13-14H,3-6,11-12H2,1-2H3,(H,23,26). The van der Waals surface area contributed by atoms with E-state index in [1.807, 2.05) is 0 Å². The first-order valence-electron chi connectivity index (χ1n) is 9.96. The van der Waals surface area contributed by atoms with Crippen molar-refractivity contribution in [3.8, 4) is 0 Å². The fraction of sp³-hybridized carbons (Fsp3) is 0.364. The number of carbonyl (C=O) groups excluding carboxylic acids is 1. The number of oxazole rings is 1. The molecule has 0 fully saturated rings. The number of benzene rings is 2. The summed E-state index contributed by atoms with van der Waals surface area (Å²) in [7, 11) is 0. The topological polar surface area (TPSA) is 107 Å². The third-order valence-electron chi connectivity index (χ3n) is 5.09. The van der Waals surface area contributed by atoms with Crippen LogP contribution in [-0.2, 0) is 17.8 Å². The third kappa shape index (κ3) is 5.14. The molecule has 8 nitrogen and oxygen atoms in total. The van der Waals surface area contributed by atoms with Gasteiger partial charge in [0.2, 0.25) is 5.91 Å². The molecule has 0 aliphatic heterocycles. The van der Waals surface area contributed by atoms with Crippen LogP contribution in [0, 0.1) is 24.0 Å². The van der Waals surface area contributed by atoms with Crippen LogP contribution in [0.15, 0.2) is 45.6 Å². The van der Waals surface area contributed by atoms with Gasteiger partial charge in [-0.1, -0.05) is 23.8 Å². The fourth-order valence-electron chi connectivity index (χ4n) is 3.50. The van der Waals surface area contributed by atoms with Gasteiger partial charge in [-0.3, -0.25) is 19.5 Å². The van der Waals surface area contributed by atoms with Gasteiger partial charge in [0.1, 0.15) is 0 Å². The second kappa shape index (κ2) is 9.39. The number of nitro benzene ring substituents is 1. The number of hydrogen-bond acceptors (Lipinski definition) is 5. The van der Waals surface area contributed by atoms with Crippen LogP contribution in [0.5, 0.6) is 0 Å². The maximum atomic E-state index is 12.1. The van der Waals surface area contributed by atoms with Gasteiger partial charge in [-0.15, -0.1) is 0 Å². The Morgan fingerprint density at radius 2 is 1.97 bits per heavy atom. The first-order valence-corrected chi connectivity index (χ1v) is 9.96. The lowest BCUT2D eigenvalue weighted by molar-refractivity contribution is -0.384. The number of amides is 1. The van der Waals surface area contributed by atoms with Crippen molar-refractivity contribution in [3.63, 3.8) is 0 Å². The summed E-state index contributed by atoms with van der Waals surface area (Å²) in [6.07, 6.45) is 2.53. The average molecular weight is 411 g/mol. The molecule has 2 aromatic carbocycles. The minimum Gasteiger partial charge on any atom is -0.407 e. The number of rotatable bonds is 9. The highest BCUT2D eigenvalue weighted by Gasteiger charge is 2.14. The molecule has 0 saturated carbocycles. The van der Waals surface area contributed by atoms with Gasteiger partial charge in [-0.25, -0.2) is 4.79 Å². The molecule has 3 rings (SSSR count). The van der Waals surface area contributed by atoms with E-state index in [1.165, 1.54) is 39.5 Å². The maximum absolute atomic E-state index is 12.1. The molecule has 8 heteroatoms. The van der Waals surface area contributed by atoms with E-state index in [0.717, 1.165) is 12.8 Å². The number of nitrogens with one attached hydrogen (secondary N) is 1. The Balaban J connectivity index is 1.45. The zero-order chi connectivity index (χ0) is 21.7. The molecule has 3 aromatic rings. The van der Waals surface area contributed by atoms with Crippen molar-refractivity contribution in [2.45, 2.75) is 46.1 Å². The lowest BCUT2D eigenvalue weighted by atomic mass is 10.0. The summed E-state index contributed by atoms with van der Waals surface area (Å²) >= 11 is 0. The Bertz CT molecular complexity index is 1130. The summed E-state index contributed by atoms with van der Waals surface area (Å²) in [5, 5.41) is 13.7. The van der Waals surface area contributed by atoms with Crippen LogP contribution in [0.4, 0.5) is 5.69 Å². The van der Waals surface area contributed by atoms with Gasteiger partial charge in [0, 0.05) is 25.6 Å². The number of nitrogens with zero attached hydrogens (tertiary/aromatic N) is 2. The van der Waals surface area contributed by atoms with Crippen LogP contribution in [-0.4, -0.2) is 21.9 Å². The molecule has 0 unspecified atom stereocenters. The first kappa shape index (κ1) is 21.3. The van der Waals surface area contributed by atoms with E-state index >= 15 is 0 Å². The van der Waals surface area contributed by atoms with Crippen LogP contribution >= 0.6 is 0 Å². The van der Waals surface area contributed by atoms with Crippen LogP contribution in [0.2, 0.25) is 0 Å². The molecule has 0 aliphatic carbocycles. The molecule has 0 aliphatic rings. The molecule has 0 spiro atoms. The molecular weight excluding hydrogens is 386 g/mol. The van der Waals surface area contributed by atoms with Gasteiger partial charge < -0.3 is 9.73 Å². The molecule has 1 amide bonds. The zero-order valence-electron chi connectivity index (χ0n) is 17.1. The number of hydrogen-bond donors (Lipinski definition) is 1. The van der Waals surface area contributed by atoms with E-state index in [2.05, 4.69) is 37.4 Å². The average Bonchev–Trinajstić information content (AvgIpc) is 3.01. The van der Waals surface area contributed by atoms with Crippen molar-refractivity contribution in [1.82, 2.24) is 9.88 Å². The molecular formula is C22H25N3O5. The van der Waals surface area contributed by atoms with Crippen molar-refractivity contribution in [2.75, 3.05) is 6.54 Å². The number of carbonyl (C=O) groups is 1. The van der Waals surface area contributed by atoms with Crippen molar-refractivity contribution in [2.24, 2.45) is 0 Å². The number of fused-ring (bicyclic) bond motifs is 1. The highest BCUT2D eigenvalue weighted by Crippen LogP contribution is 2.20. The van der Waals surface area contributed by atoms with Gasteiger partial charge >= 0.3 is 5.76 Å². The summed E-state index contributed by atoms with van der Waals surface area (Å²) < 4.78 is 6.48. The Hall–Kier alpha value is -3.42. The minimum absolute atomic E-state index is 0.0629. The monoisotopic (exact) mass is 411 g/mol. The number of non-ortho nitro benzene ring substituents is 1. The highest BCUT2D eigenvalue weighted by molar-refractivity contribution is 5.76. The van der Waals surface area contributed by atoms with Gasteiger partial charge in [0.25, 0.3) is 5.69 Å². The predicted molar refractivity (Wildman–Crippen MR) is 114 cm³/mol. The second-order valence-corrected chi connectivity index (χ2v) is 7.42. The molecule has 0 bridgehead atoms. The van der Waals surface area contributed by atoms with Gasteiger partial charge in [-0.2, -0.15) is 0 Å². The van der Waals surface area contributed by atoms with E-state index in [9.17, 15) is 19.7 Å². The van der Waals surface area contributed by atoms with E-state index < -0.39 is 10.7 Å². The lowest BCUT2D eigenvalue weighted by Gasteiger charge is -2.08. The Morgan fingerprint density at radius 3 is 2.70 bits per heavy atom. The Morgan fingerprint density at radius 1 is 1.17 bits per heavy atom. The maximum Gasteiger partial charge on any atom is 0.419 e. The lowest BCUT2D eigenvalue weighted by Crippen LogP contribution is -2.25. The van der Waals surface area contributed by atoms with Crippen LogP contribution in [0.3, 0.4) is 0 Å². The predicted octanol–water partition coefficient (Wildman–Crippen LogP) is 3.65.